The van der Waals surface area contributed by atoms with Crippen molar-refractivity contribution >= 4 is 11.8 Å². The van der Waals surface area contributed by atoms with E-state index in [0.717, 1.165) is 24.3 Å². The van der Waals surface area contributed by atoms with Crippen molar-refractivity contribution in [3.05, 3.63) is 29.6 Å². The van der Waals surface area contributed by atoms with Gasteiger partial charge in [0.05, 0.1) is 5.69 Å². The Morgan fingerprint density at radius 2 is 2.22 bits per heavy atom. The van der Waals surface area contributed by atoms with Gasteiger partial charge in [0, 0.05) is 36.3 Å². The first-order valence-corrected chi connectivity index (χ1v) is 7.58. The molecule has 1 fully saturated rings. The van der Waals surface area contributed by atoms with Crippen LogP contribution in [0, 0.1) is 0 Å². The number of nitrogens with two attached hydrogens (primary N) is 1. The topological polar surface area (TPSA) is 42.1 Å². The summed E-state index contributed by atoms with van der Waals surface area (Å²) in [6, 6.07) is 4.18. The third-order valence-corrected chi connectivity index (χ3v) is 4.81. The van der Waals surface area contributed by atoms with Gasteiger partial charge in [-0.05, 0) is 24.6 Å². The molecule has 0 saturated carbocycles. The molecule has 1 aliphatic rings. The molecule has 0 spiro atoms. The molecule has 0 radical (unpaired) electrons. The molecule has 1 aromatic rings. The standard InChI is InChI=1S/C14H23N3S/c1-14(2)5-6-17(7-8-18-14)11-13-4-3-12(9-15)10-16-13/h3-4,10H,5-9,11,15H2,1-2H3. The SMILES string of the molecule is CC1(C)CCN(Cc2ccc(CN)cn2)CCS1. The maximum Gasteiger partial charge on any atom is 0.0544 e. The van der Waals surface area contributed by atoms with Crippen LogP contribution in [0.2, 0.25) is 0 Å². The van der Waals surface area contributed by atoms with Crippen LogP contribution in [0.1, 0.15) is 31.5 Å². The second-order valence-corrected chi connectivity index (χ2v) is 7.30. The quantitative estimate of drug-likeness (QED) is 0.910. The van der Waals surface area contributed by atoms with Gasteiger partial charge in [-0.25, -0.2) is 0 Å². The van der Waals surface area contributed by atoms with E-state index in [1.54, 1.807) is 0 Å². The second-order valence-electron chi connectivity index (χ2n) is 5.50. The smallest absolute Gasteiger partial charge is 0.0544 e. The maximum atomic E-state index is 5.58. The molecule has 3 nitrogen and oxygen atoms in total. The van der Waals surface area contributed by atoms with Crippen LogP contribution in [-0.4, -0.2) is 33.5 Å². The number of hydrogen-bond acceptors (Lipinski definition) is 4. The van der Waals surface area contributed by atoms with Crippen LogP contribution in [0.4, 0.5) is 0 Å². The van der Waals surface area contributed by atoms with Crippen molar-refractivity contribution in [1.29, 1.82) is 0 Å². The highest BCUT2D eigenvalue weighted by atomic mass is 32.2. The molecule has 100 valence electrons. The van der Waals surface area contributed by atoms with Gasteiger partial charge >= 0.3 is 0 Å². The molecule has 0 aliphatic carbocycles. The van der Waals surface area contributed by atoms with E-state index in [4.69, 9.17) is 5.73 Å². The molecular formula is C14H23N3S. The molecule has 2 N–H and O–H groups in total. The van der Waals surface area contributed by atoms with Gasteiger partial charge in [-0.1, -0.05) is 19.9 Å². The van der Waals surface area contributed by atoms with Gasteiger partial charge in [-0.3, -0.25) is 9.88 Å². The molecule has 0 unspecified atom stereocenters. The summed E-state index contributed by atoms with van der Waals surface area (Å²) in [5.41, 5.74) is 7.83. The van der Waals surface area contributed by atoms with Crippen molar-refractivity contribution in [2.75, 3.05) is 18.8 Å². The lowest BCUT2D eigenvalue weighted by Gasteiger charge is -2.22. The Morgan fingerprint density at radius 3 is 2.89 bits per heavy atom. The third-order valence-electron chi connectivity index (χ3n) is 3.44. The summed E-state index contributed by atoms with van der Waals surface area (Å²) in [7, 11) is 0. The van der Waals surface area contributed by atoms with Crippen molar-refractivity contribution < 1.29 is 0 Å². The zero-order valence-electron chi connectivity index (χ0n) is 11.4. The second kappa shape index (κ2) is 6.04. The van der Waals surface area contributed by atoms with E-state index in [1.165, 1.54) is 18.7 Å². The molecule has 1 saturated heterocycles. The molecule has 2 heterocycles. The Hall–Kier alpha value is -0.580. The number of pyridine rings is 1. The normalized spacial score (nSPS) is 20.6. The van der Waals surface area contributed by atoms with Gasteiger partial charge < -0.3 is 5.73 Å². The zero-order valence-corrected chi connectivity index (χ0v) is 12.2. The molecule has 4 heteroatoms. The summed E-state index contributed by atoms with van der Waals surface area (Å²) in [6.07, 6.45) is 3.14. The highest BCUT2D eigenvalue weighted by Gasteiger charge is 2.23. The summed E-state index contributed by atoms with van der Waals surface area (Å²) in [6.45, 7) is 8.54. The van der Waals surface area contributed by atoms with Crippen molar-refractivity contribution in [1.82, 2.24) is 9.88 Å². The van der Waals surface area contributed by atoms with E-state index in [2.05, 4.69) is 47.6 Å². The lowest BCUT2D eigenvalue weighted by Crippen LogP contribution is -2.27. The number of hydrogen-bond donors (Lipinski definition) is 1. The van der Waals surface area contributed by atoms with Crippen molar-refractivity contribution in [3.8, 4) is 0 Å². The fraction of sp³-hybridized carbons (Fsp3) is 0.643. The van der Waals surface area contributed by atoms with Crippen molar-refractivity contribution in [2.24, 2.45) is 5.73 Å². The van der Waals surface area contributed by atoms with E-state index in [9.17, 15) is 0 Å². The van der Waals surface area contributed by atoms with Crippen LogP contribution < -0.4 is 5.73 Å². The minimum atomic E-state index is 0.422. The largest absolute Gasteiger partial charge is 0.326 e. The molecule has 0 atom stereocenters. The first-order chi connectivity index (χ1) is 8.59. The van der Waals surface area contributed by atoms with Gasteiger partial charge in [-0.15, -0.1) is 0 Å². The van der Waals surface area contributed by atoms with Crippen LogP contribution in [-0.2, 0) is 13.1 Å². The summed E-state index contributed by atoms with van der Waals surface area (Å²) >= 11 is 2.08. The molecule has 0 bridgehead atoms. The molecule has 0 aromatic carbocycles. The molecule has 1 aromatic heterocycles. The number of aromatic nitrogens is 1. The summed E-state index contributed by atoms with van der Waals surface area (Å²) < 4.78 is 0.422. The van der Waals surface area contributed by atoms with Crippen LogP contribution >= 0.6 is 11.8 Å². The predicted octanol–water partition coefficient (Wildman–Crippen LogP) is 2.26. The fourth-order valence-corrected chi connectivity index (χ4v) is 3.26. The van der Waals surface area contributed by atoms with E-state index in [-0.39, 0.29) is 0 Å². The Labute approximate surface area is 114 Å². The van der Waals surface area contributed by atoms with E-state index < -0.39 is 0 Å². The fourth-order valence-electron chi connectivity index (χ4n) is 2.12. The molecular weight excluding hydrogens is 242 g/mol. The zero-order chi connectivity index (χ0) is 13.0. The molecule has 1 aliphatic heterocycles. The van der Waals surface area contributed by atoms with Gasteiger partial charge in [0.2, 0.25) is 0 Å². The van der Waals surface area contributed by atoms with Crippen LogP contribution in [0.5, 0.6) is 0 Å². The van der Waals surface area contributed by atoms with Crippen LogP contribution in [0.25, 0.3) is 0 Å². The van der Waals surface area contributed by atoms with Gasteiger partial charge in [0.25, 0.3) is 0 Å². The van der Waals surface area contributed by atoms with E-state index in [0.29, 0.717) is 11.3 Å². The van der Waals surface area contributed by atoms with Gasteiger partial charge in [0.15, 0.2) is 0 Å². The van der Waals surface area contributed by atoms with Crippen molar-refractivity contribution in [3.63, 3.8) is 0 Å². The Morgan fingerprint density at radius 1 is 1.39 bits per heavy atom. The van der Waals surface area contributed by atoms with E-state index >= 15 is 0 Å². The van der Waals surface area contributed by atoms with Gasteiger partial charge in [-0.2, -0.15) is 11.8 Å². The monoisotopic (exact) mass is 265 g/mol. The average Bonchev–Trinajstić information content (AvgIpc) is 2.52. The van der Waals surface area contributed by atoms with E-state index in [1.807, 2.05) is 6.20 Å². The maximum absolute atomic E-state index is 5.58. The average molecular weight is 265 g/mol. The predicted molar refractivity (Wildman–Crippen MR) is 78.6 cm³/mol. The Bertz CT molecular complexity index is 375. The summed E-state index contributed by atoms with van der Waals surface area (Å²) in [4.78, 5) is 6.99. The summed E-state index contributed by atoms with van der Waals surface area (Å²) in [5, 5.41) is 0. The lowest BCUT2D eigenvalue weighted by molar-refractivity contribution is 0.273. The lowest BCUT2D eigenvalue weighted by atomic mass is 10.1. The highest BCUT2D eigenvalue weighted by molar-refractivity contribution is 8.00. The number of thioether (sulfide) groups is 1. The Balaban J connectivity index is 1.92. The Kier molecular flexibility index (Phi) is 4.65. The molecule has 0 amide bonds. The third kappa shape index (κ3) is 3.97. The number of nitrogens with zero attached hydrogens (tertiary/aromatic N) is 2. The number of rotatable bonds is 3. The molecule has 2 rings (SSSR count). The van der Waals surface area contributed by atoms with Crippen LogP contribution in [0.3, 0.4) is 0 Å². The minimum absolute atomic E-state index is 0.422. The van der Waals surface area contributed by atoms with Crippen LogP contribution in [0.15, 0.2) is 18.3 Å². The van der Waals surface area contributed by atoms with Gasteiger partial charge in [0.1, 0.15) is 0 Å². The molecule has 18 heavy (non-hydrogen) atoms. The first-order valence-electron chi connectivity index (χ1n) is 6.59. The van der Waals surface area contributed by atoms with Crippen molar-refractivity contribution in [2.45, 2.75) is 38.1 Å². The highest BCUT2D eigenvalue weighted by Crippen LogP contribution is 2.30. The summed E-state index contributed by atoms with van der Waals surface area (Å²) in [5.74, 6) is 1.22. The minimum Gasteiger partial charge on any atom is -0.326 e. The first kappa shape index (κ1) is 13.8.